The highest BCUT2D eigenvalue weighted by Gasteiger charge is 2.08. The van der Waals surface area contributed by atoms with Gasteiger partial charge in [-0.05, 0) is 19.8 Å². The summed E-state index contributed by atoms with van der Waals surface area (Å²) in [6.45, 7) is 8.41. The molecule has 0 fully saturated rings. The van der Waals surface area contributed by atoms with E-state index in [-0.39, 0.29) is 5.75 Å². The van der Waals surface area contributed by atoms with Gasteiger partial charge in [-0.2, -0.15) is 0 Å². The Morgan fingerprint density at radius 2 is 2.13 bits per heavy atom. The highest BCUT2D eigenvalue weighted by atomic mass is 32.2. The van der Waals surface area contributed by atoms with Crippen LogP contribution in [-0.4, -0.2) is 33.3 Å². The van der Waals surface area contributed by atoms with Crippen LogP contribution in [0.25, 0.3) is 0 Å². The molecule has 90 valence electrons. The van der Waals surface area contributed by atoms with Crippen LogP contribution in [-0.2, 0) is 10.0 Å². The SMILES string of the molecule is C=CCCC(C)NCCS(=O)(=O)NCC. The Hall–Kier alpha value is -0.390. The average molecular weight is 234 g/mol. The van der Waals surface area contributed by atoms with Gasteiger partial charge >= 0.3 is 0 Å². The van der Waals surface area contributed by atoms with Crippen molar-refractivity contribution < 1.29 is 8.42 Å². The van der Waals surface area contributed by atoms with Gasteiger partial charge in [0.15, 0.2) is 0 Å². The topological polar surface area (TPSA) is 58.2 Å². The summed E-state index contributed by atoms with van der Waals surface area (Å²) in [6.07, 6.45) is 3.81. The van der Waals surface area contributed by atoms with Crippen molar-refractivity contribution in [2.75, 3.05) is 18.8 Å². The van der Waals surface area contributed by atoms with Gasteiger partial charge in [-0.25, -0.2) is 13.1 Å². The number of hydrogen-bond donors (Lipinski definition) is 2. The molecule has 0 aliphatic rings. The Kier molecular flexibility index (Phi) is 7.64. The van der Waals surface area contributed by atoms with Crippen LogP contribution in [0.1, 0.15) is 26.7 Å². The summed E-state index contributed by atoms with van der Waals surface area (Å²) in [4.78, 5) is 0. The summed E-state index contributed by atoms with van der Waals surface area (Å²) in [5.74, 6) is 0.138. The molecule has 0 aliphatic heterocycles. The number of nitrogens with one attached hydrogen (secondary N) is 2. The summed E-state index contributed by atoms with van der Waals surface area (Å²) in [5, 5.41) is 3.16. The molecule has 0 heterocycles. The smallest absolute Gasteiger partial charge is 0.212 e. The lowest BCUT2D eigenvalue weighted by Gasteiger charge is -2.12. The number of hydrogen-bond acceptors (Lipinski definition) is 3. The maximum absolute atomic E-state index is 11.3. The maximum Gasteiger partial charge on any atom is 0.212 e. The molecular formula is C10H22N2O2S. The van der Waals surface area contributed by atoms with Crippen molar-refractivity contribution in [3.8, 4) is 0 Å². The van der Waals surface area contributed by atoms with E-state index in [0.717, 1.165) is 12.8 Å². The molecule has 1 atom stereocenters. The van der Waals surface area contributed by atoms with Gasteiger partial charge in [-0.1, -0.05) is 13.0 Å². The van der Waals surface area contributed by atoms with Crippen LogP contribution in [0, 0.1) is 0 Å². The van der Waals surface area contributed by atoms with Gasteiger partial charge in [-0.15, -0.1) is 6.58 Å². The molecule has 0 saturated carbocycles. The first-order chi connectivity index (χ1) is 7.02. The van der Waals surface area contributed by atoms with Crippen molar-refractivity contribution in [3.63, 3.8) is 0 Å². The third kappa shape index (κ3) is 8.59. The molecule has 4 nitrogen and oxygen atoms in total. The van der Waals surface area contributed by atoms with E-state index >= 15 is 0 Å². The van der Waals surface area contributed by atoms with Gasteiger partial charge in [-0.3, -0.25) is 0 Å². The molecule has 0 amide bonds. The highest BCUT2D eigenvalue weighted by Crippen LogP contribution is 1.96. The minimum absolute atomic E-state index is 0.138. The molecule has 0 bridgehead atoms. The van der Waals surface area contributed by atoms with E-state index in [4.69, 9.17) is 0 Å². The number of allylic oxidation sites excluding steroid dienone is 1. The fraction of sp³-hybridized carbons (Fsp3) is 0.800. The molecule has 0 aromatic rings. The van der Waals surface area contributed by atoms with Gasteiger partial charge in [0.25, 0.3) is 0 Å². The Bertz CT molecular complexity index is 263. The largest absolute Gasteiger partial charge is 0.313 e. The van der Waals surface area contributed by atoms with Crippen LogP contribution < -0.4 is 10.0 Å². The van der Waals surface area contributed by atoms with Crippen molar-refractivity contribution in [1.82, 2.24) is 10.0 Å². The Balaban J connectivity index is 3.64. The van der Waals surface area contributed by atoms with E-state index in [1.54, 1.807) is 6.92 Å². The summed E-state index contributed by atoms with van der Waals surface area (Å²) < 4.78 is 25.0. The van der Waals surface area contributed by atoms with E-state index < -0.39 is 10.0 Å². The molecule has 2 N–H and O–H groups in total. The third-order valence-electron chi connectivity index (χ3n) is 2.03. The first-order valence-electron chi connectivity index (χ1n) is 5.33. The van der Waals surface area contributed by atoms with E-state index in [2.05, 4.69) is 16.6 Å². The van der Waals surface area contributed by atoms with Crippen molar-refractivity contribution in [1.29, 1.82) is 0 Å². The van der Waals surface area contributed by atoms with Crippen LogP contribution in [0.5, 0.6) is 0 Å². The fourth-order valence-corrected chi connectivity index (χ4v) is 2.17. The molecule has 0 rings (SSSR count). The molecular weight excluding hydrogens is 212 g/mol. The van der Waals surface area contributed by atoms with Crippen LogP contribution in [0.15, 0.2) is 12.7 Å². The lowest BCUT2D eigenvalue weighted by atomic mass is 10.2. The van der Waals surface area contributed by atoms with Crippen LogP contribution in [0.3, 0.4) is 0 Å². The fourth-order valence-electron chi connectivity index (χ4n) is 1.20. The lowest BCUT2D eigenvalue weighted by Crippen LogP contribution is -2.35. The Morgan fingerprint density at radius 1 is 1.47 bits per heavy atom. The number of sulfonamides is 1. The van der Waals surface area contributed by atoms with Gasteiger partial charge in [0.05, 0.1) is 5.75 Å². The Labute approximate surface area is 93.2 Å². The van der Waals surface area contributed by atoms with E-state index in [9.17, 15) is 8.42 Å². The lowest BCUT2D eigenvalue weighted by molar-refractivity contribution is 0.528. The number of rotatable bonds is 9. The first-order valence-corrected chi connectivity index (χ1v) is 6.98. The van der Waals surface area contributed by atoms with E-state index in [0.29, 0.717) is 19.1 Å². The molecule has 5 heteroatoms. The summed E-state index contributed by atoms with van der Waals surface area (Å²) >= 11 is 0. The maximum atomic E-state index is 11.3. The molecule has 0 radical (unpaired) electrons. The molecule has 0 aromatic heterocycles. The zero-order chi connectivity index (χ0) is 11.7. The van der Waals surface area contributed by atoms with Gasteiger partial charge in [0, 0.05) is 19.1 Å². The van der Waals surface area contributed by atoms with Crippen LogP contribution in [0.2, 0.25) is 0 Å². The second-order valence-corrected chi connectivity index (χ2v) is 5.46. The van der Waals surface area contributed by atoms with Crippen molar-refractivity contribution in [3.05, 3.63) is 12.7 Å². The standard InChI is InChI=1S/C10H22N2O2S/c1-4-6-7-10(3)11-8-9-15(13,14)12-5-2/h4,10-12H,1,5-9H2,2-3H3. The normalized spacial score (nSPS) is 13.7. The van der Waals surface area contributed by atoms with E-state index in [1.165, 1.54) is 0 Å². The molecule has 0 aromatic carbocycles. The second-order valence-electron chi connectivity index (χ2n) is 3.54. The first kappa shape index (κ1) is 14.6. The summed E-state index contributed by atoms with van der Waals surface area (Å²) in [6, 6.07) is 0.333. The monoisotopic (exact) mass is 234 g/mol. The minimum Gasteiger partial charge on any atom is -0.313 e. The molecule has 0 spiro atoms. The predicted molar refractivity (Wildman–Crippen MR) is 64.4 cm³/mol. The van der Waals surface area contributed by atoms with E-state index in [1.807, 2.05) is 13.0 Å². The second kappa shape index (κ2) is 7.84. The van der Waals surface area contributed by atoms with Gasteiger partial charge in [0.2, 0.25) is 10.0 Å². The van der Waals surface area contributed by atoms with Crippen molar-refractivity contribution >= 4 is 10.0 Å². The zero-order valence-electron chi connectivity index (χ0n) is 9.62. The summed E-state index contributed by atoms with van der Waals surface area (Å²) in [7, 11) is -3.08. The molecule has 15 heavy (non-hydrogen) atoms. The third-order valence-corrected chi connectivity index (χ3v) is 3.50. The Morgan fingerprint density at radius 3 is 2.67 bits per heavy atom. The highest BCUT2D eigenvalue weighted by molar-refractivity contribution is 7.89. The predicted octanol–water partition coefficient (Wildman–Crippen LogP) is 0.870. The van der Waals surface area contributed by atoms with Crippen molar-refractivity contribution in [2.24, 2.45) is 0 Å². The van der Waals surface area contributed by atoms with Gasteiger partial charge < -0.3 is 5.32 Å². The van der Waals surface area contributed by atoms with Gasteiger partial charge in [0.1, 0.15) is 0 Å². The quantitative estimate of drug-likeness (QED) is 0.582. The molecule has 0 saturated heterocycles. The van der Waals surface area contributed by atoms with Crippen LogP contribution >= 0.6 is 0 Å². The molecule has 1 unspecified atom stereocenters. The van der Waals surface area contributed by atoms with Crippen molar-refractivity contribution in [2.45, 2.75) is 32.7 Å². The average Bonchev–Trinajstić information content (AvgIpc) is 2.14. The molecule has 0 aliphatic carbocycles. The summed E-state index contributed by atoms with van der Waals surface area (Å²) in [5.41, 5.74) is 0. The van der Waals surface area contributed by atoms with Crippen LogP contribution in [0.4, 0.5) is 0 Å². The minimum atomic E-state index is -3.08. The zero-order valence-corrected chi connectivity index (χ0v) is 10.4.